The molecule has 1 heterocycles. The van der Waals surface area contributed by atoms with Crippen LogP contribution in [-0.4, -0.2) is 15.2 Å². The minimum absolute atomic E-state index is 0.188. The summed E-state index contributed by atoms with van der Waals surface area (Å²) in [6.07, 6.45) is 0. The molecule has 0 fully saturated rings. The monoisotopic (exact) mass is 397 g/mol. The molecule has 1 aliphatic rings. The molecular weight excluding hydrogens is 382 g/mol. The average Bonchev–Trinajstić information content (AvgIpc) is 2.96. The zero-order chi connectivity index (χ0) is 16.6. The van der Waals surface area contributed by atoms with E-state index in [2.05, 4.69) is 20.7 Å². The molecule has 0 spiro atoms. The molecule has 2 aromatic carbocycles. The number of sulfonamides is 1. The first-order chi connectivity index (χ1) is 10.9. The van der Waals surface area contributed by atoms with Crippen LogP contribution in [0, 0.1) is 13.8 Å². The van der Waals surface area contributed by atoms with Crippen LogP contribution < -0.4 is 14.2 Å². The molecule has 2 aromatic rings. The van der Waals surface area contributed by atoms with Crippen molar-refractivity contribution in [1.82, 2.24) is 4.72 Å². The van der Waals surface area contributed by atoms with Crippen LogP contribution in [0.25, 0.3) is 0 Å². The smallest absolute Gasteiger partial charge is 0.241 e. The summed E-state index contributed by atoms with van der Waals surface area (Å²) < 4.78 is 39.1. The van der Waals surface area contributed by atoms with E-state index in [1.54, 1.807) is 25.1 Å². The number of aryl methyl sites for hydroxylation is 2. The Morgan fingerprint density at radius 3 is 2.61 bits per heavy atom. The highest BCUT2D eigenvalue weighted by molar-refractivity contribution is 9.10. The summed E-state index contributed by atoms with van der Waals surface area (Å²) in [5.41, 5.74) is 2.38. The van der Waals surface area contributed by atoms with Crippen molar-refractivity contribution in [2.45, 2.75) is 25.3 Å². The molecule has 5 nitrogen and oxygen atoms in total. The highest BCUT2D eigenvalue weighted by Gasteiger charge is 2.19. The quantitative estimate of drug-likeness (QED) is 0.859. The Morgan fingerprint density at radius 2 is 1.83 bits per heavy atom. The van der Waals surface area contributed by atoms with E-state index in [1.807, 2.05) is 19.1 Å². The molecule has 0 amide bonds. The van der Waals surface area contributed by atoms with Crippen LogP contribution in [0.5, 0.6) is 11.5 Å². The van der Waals surface area contributed by atoms with Crippen molar-refractivity contribution in [3.63, 3.8) is 0 Å². The number of halogens is 1. The molecule has 3 rings (SSSR count). The van der Waals surface area contributed by atoms with Crippen LogP contribution in [0.2, 0.25) is 0 Å². The van der Waals surface area contributed by atoms with Gasteiger partial charge in [-0.15, -0.1) is 0 Å². The number of nitrogens with one attached hydrogen (secondary N) is 1. The fourth-order valence-corrected chi connectivity index (χ4v) is 4.14. The lowest BCUT2D eigenvalue weighted by atomic mass is 10.2. The summed E-state index contributed by atoms with van der Waals surface area (Å²) in [7, 11) is -3.59. The Morgan fingerprint density at radius 1 is 1.09 bits per heavy atom. The maximum absolute atomic E-state index is 12.5. The Balaban J connectivity index is 1.81. The molecule has 0 saturated carbocycles. The van der Waals surface area contributed by atoms with Gasteiger partial charge in [-0.3, -0.25) is 0 Å². The Bertz CT molecular complexity index is 865. The molecule has 0 atom stereocenters. The molecule has 0 aliphatic carbocycles. The highest BCUT2D eigenvalue weighted by Crippen LogP contribution is 2.32. The van der Waals surface area contributed by atoms with E-state index in [0.29, 0.717) is 22.0 Å². The molecule has 1 aliphatic heterocycles. The molecule has 1 N–H and O–H groups in total. The predicted octanol–water partition coefficient (Wildman–Crippen LogP) is 3.27. The van der Waals surface area contributed by atoms with Crippen LogP contribution in [0.4, 0.5) is 0 Å². The van der Waals surface area contributed by atoms with Crippen molar-refractivity contribution < 1.29 is 17.9 Å². The van der Waals surface area contributed by atoms with Gasteiger partial charge in [0, 0.05) is 11.0 Å². The molecule has 23 heavy (non-hydrogen) atoms. The van der Waals surface area contributed by atoms with Crippen LogP contribution in [-0.2, 0) is 16.6 Å². The summed E-state index contributed by atoms with van der Waals surface area (Å²) in [6, 6.07) is 8.85. The van der Waals surface area contributed by atoms with Crippen molar-refractivity contribution >= 4 is 26.0 Å². The third-order valence-electron chi connectivity index (χ3n) is 3.65. The summed E-state index contributed by atoms with van der Waals surface area (Å²) in [6.45, 7) is 4.02. The minimum Gasteiger partial charge on any atom is -0.454 e. The van der Waals surface area contributed by atoms with Crippen molar-refractivity contribution in [3.05, 3.63) is 51.5 Å². The SMILES string of the molecule is Cc1cc(S(=O)(=O)NCc2ccc3c(c2)OCO3)c(C)cc1Br. The normalized spacial score (nSPS) is 13.3. The van der Waals surface area contributed by atoms with E-state index in [9.17, 15) is 8.42 Å². The third kappa shape index (κ3) is 3.36. The van der Waals surface area contributed by atoms with Gasteiger partial charge in [-0.2, -0.15) is 0 Å². The first-order valence-corrected chi connectivity index (χ1v) is 9.29. The second-order valence-corrected chi connectivity index (χ2v) is 7.97. The van der Waals surface area contributed by atoms with E-state index in [1.165, 1.54) is 0 Å². The molecule has 0 saturated heterocycles. The zero-order valence-corrected chi connectivity index (χ0v) is 15.1. The maximum Gasteiger partial charge on any atom is 0.241 e. The van der Waals surface area contributed by atoms with E-state index in [-0.39, 0.29) is 13.3 Å². The molecule has 122 valence electrons. The lowest BCUT2D eigenvalue weighted by molar-refractivity contribution is 0.174. The summed E-state index contributed by atoms with van der Waals surface area (Å²) in [4.78, 5) is 0.291. The molecule has 0 aromatic heterocycles. The number of rotatable bonds is 4. The average molecular weight is 398 g/mol. The van der Waals surface area contributed by atoms with Crippen LogP contribution >= 0.6 is 15.9 Å². The third-order valence-corrected chi connectivity index (χ3v) is 6.05. The van der Waals surface area contributed by atoms with Crippen LogP contribution in [0.3, 0.4) is 0 Å². The van der Waals surface area contributed by atoms with Gasteiger partial charge in [-0.05, 0) is 54.8 Å². The molecule has 0 bridgehead atoms. The Kier molecular flexibility index (Phi) is 4.35. The van der Waals surface area contributed by atoms with Gasteiger partial charge in [0.15, 0.2) is 11.5 Å². The Labute approximate surface area is 143 Å². The van der Waals surface area contributed by atoms with Crippen molar-refractivity contribution in [1.29, 1.82) is 0 Å². The standard InChI is InChI=1S/C16H16BrNO4S/c1-10-6-16(11(2)5-13(10)17)23(19,20)18-8-12-3-4-14-15(7-12)22-9-21-14/h3-7,18H,8-9H2,1-2H3. The number of ether oxygens (including phenoxy) is 2. The maximum atomic E-state index is 12.5. The van der Waals surface area contributed by atoms with Gasteiger partial charge >= 0.3 is 0 Å². The number of fused-ring (bicyclic) bond motifs is 1. The lowest BCUT2D eigenvalue weighted by Gasteiger charge is -2.11. The van der Waals surface area contributed by atoms with Crippen LogP contribution in [0.15, 0.2) is 39.7 Å². The fraction of sp³-hybridized carbons (Fsp3) is 0.250. The largest absolute Gasteiger partial charge is 0.454 e. The molecule has 0 unspecified atom stereocenters. The molecule has 0 radical (unpaired) electrons. The number of benzene rings is 2. The van der Waals surface area contributed by atoms with Crippen molar-refractivity contribution in [3.8, 4) is 11.5 Å². The predicted molar refractivity (Wildman–Crippen MR) is 90.2 cm³/mol. The van der Waals surface area contributed by atoms with Gasteiger partial charge in [0.2, 0.25) is 16.8 Å². The zero-order valence-electron chi connectivity index (χ0n) is 12.7. The number of hydrogen-bond donors (Lipinski definition) is 1. The first kappa shape index (κ1) is 16.3. The molecular formula is C16H16BrNO4S. The van der Waals surface area contributed by atoms with Crippen molar-refractivity contribution in [2.75, 3.05) is 6.79 Å². The van der Waals surface area contributed by atoms with E-state index in [0.717, 1.165) is 15.6 Å². The van der Waals surface area contributed by atoms with Gasteiger partial charge in [0.1, 0.15) is 0 Å². The van der Waals surface area contributed by atoms with Gasteiger partial charge < -0.3 is 9.47 Å². The Hall–Kier alpha value is -1.57. The van der Waals surface area contributed by atoms with Crippen LogP contribution in [0.1, 0.15) is 16.7 Å². The van der Waals surface area contributed by atoms with E-state index < -0.39 is 10.0 Å². The summed E-state index contributed by atoms with van der Waals surface area (Å²) in [5.74, 6) is 1.31. The minimum atomic E-state index is -3.59. The molecule has 7 heteroatoms. The van der Waals surface area contributed by atoms with Gasteiger partial charge in [-0.1, -0.05) is 22.0 Å². The van der Waals surface area contributed by atoms with Crippen molar-refractivity contribution in [2.24, 2.45) is 0 Å². The lowest BCUT2D eigenvalue weighted by Crippen LogP contribution is -2.24. The highest BCUT2D eigenvalue weighted by atomic mass is 79.9. The topological polar surface area (TPSA) is 64.6 Å². The van der Waals surface area contributed by atoms with Gasteiger partial charge in [0.05, 0.1) is 4.90 Å². The van der Waals surface area contributed by atoms with Gasteiger partial charge in [-0.25, -0.2) is 13.1 Å². The van der Waals surface area contributed by atoms with E-state index >= 15 is 0 Å². The first-order valence-electron chi connectivity index (χ1n) is 7.02. The van der Waals surface area contributed by atoms with E-state index in [4.69, 9.17) is 9.47 Å². The summed E-state index contributed by atoms with van der Waals surface area (Å²) in [5, 5.41) is 0. The number of hydrogen-bond acceptors (Lipinski definition) is 4. The van der Waals surface area contributed by atoms with Gasteiger partial charge in [0.25, 0.3) is 0 Å². The summed E-state index contributed by atoms with van der Waals surface area (Å²) >= 11 is 3.41. The second kappa shape index (κ2) is 6.14. The fourth-order valence-electron chi connectivity index (χ4n) is 2.35. The second-order valence-electron chi connectivity index (χ2n) is 5.38.